The van der Waals surface area contributed by atoms with Crippen LogP contribution in [0.1, 0.15) is 22.9 Å². The Morgan fingerprint density at radius 2 is 2.18 bits per heavy atom. The summed E-state index contributed by atoms with van der Waals surface area (Å²) < 4.78 is 14.7. The molecule has 0 fully saturated rings. The van der Waals surface area contributed by atoms with Crippen LogP contribution in [0.25, 0.3) is 0 Å². The van der Waals surface area contributed by atoms with Gasteiger partial charge >= 0.3 is 0 Å². The highest BCUT2D eigenvalue weighted by atomic mass is 19.1. The van der Waals surface area contributed by atoms with Crippen molar-refractivity contribution in [3.63, 3.8) is 0 Å². The molecular weight excluding hydrogens is 219 g/mol. The van der Waals surface area contributed by atoms with E-state index in [9.17, 15) is 9.50 Å². The molecular formula is C13H15FN2O. The van der Waals surface area contributed by atoms with Crippen molar-refractivity contribution in [1.82, 2.24) is 9.78 Å². The predicted octanol–water partition coefficient (Wildman–Crippen LogP) is 2.14. The van der Waals surface area contributed by atoms with E-state index in [2.05, 4.69) is 5.10 Å². The number of hydrogen-bond acceptors (Lipinski definition) is 2. The molecule has 17 heavy (non-hydrogen) atoms. The number of aromatic nitrogens is 2. The topological polar surface area (TPSA) is 38.0 Å². The zero-order valence-corrected chi connectivity index (χ0v) is 9.89. The number of benzene rings is 1. The van der Waals surface area contributed by atoms with Crippen LogP contribution in [0, 0.1) is 12.7 Å². The minimum absolute atomic E-state index is 0.279. The Balaban J connectivity index is 2.18. The number of aliphatic hydroxyl groups excluding tert-OH is 1. The van der Waals surface area contributed by atoms with Gasteiger partial charge in [-0.1, -0.05) is 6.07 Å². The maximum absolute atomic E-state index is 13.1. The van der Waals surface area contributed by atoms with E-state index < -0.39 is 6.10 Å². The smallest absolute Gasteiger partial charge is 0.123 e. The summed E-state index contributed by atoms with van der Waals surface area (Å²) in [6.45, 7) is 1.90. The van der Waals surface area contributed by atoms with Crippen molar-refractivity contribution >= 4 is 0 Å². The number of nitrogens with zero attached hydrogens (tertiary/aromatic N) is 2. The minimum Gasteiger partial charge on any atom is -0.386 e. The summed E-state index contributed by atoms with van der Waals surface area (Å²) in [6, 6.07) is 6.36. The number of rotatable bonds is 3. The van der Waals surface area contributed by atoms with Crippen LogP contribution >= 0.6 is 0 Å². The molecule has 0 radical (unpaired) electrons. The van der Waals surface area contributed by atoms with E-state index in [1.165, 1.54) is 12.1 Å². The monoisotopic (exact) mass is 234 g/mol. The van der Waals surface area contributed by atoms with E-state index in [0.717, 1.165) is 11.1 Å². The Bertz CT molecular complexity index is 522. The second-order valence-electron chi connectivity index (χ2n) is 4.21. The summed E-state index contributed by atoms with van der Waals surface area (Å²) in [5.74, 6) is -0.279. The molecule has 2 aromatic rings. The predicted molar refractivity (Wildman–Crippen MR) is 63.0 cm³/mol. The Labute approximate surface area is 99.5 Å². The lowest BCUT2D eigenvalue weighted by molar-refractivity contribution is 0.172. The maximum Gasteiger partial charge on any atom is 0.123 e. The van der Waals surface area contributed by atoms with Crippen LogP contribution < -0.4 is 0 Å². The van der Waals surface area contributed by atoms with Gasteiger partial charge in [-0.2, -0.15) is 5.10 Å². The van der Waals surface area contributed by atoms with Gasteiger partial charge in [0.2, 0.25) is 0 Å². The van der Waals surface area contributed by atoms with Gasteiger partial charge in [0.05, 0.1) is 5.69 Å². The average molecular weight is 234 g/mol. The molecule has 3 nitrogen and oxygen atoms in total. The summed E-state index contributed by atoms with van der Waals surface area (Å²) in [5, 5.41) is 14.1. The third-order valence-electron chi connectivity index (χ3n) is 2.80. The molecule has 0 saturated carbocycles. The molecule has 1 unspecified atom stereocenters. The molecule has 1 heterocycles. The molecule has 1 aromatic carbocycles. The fourth-order valence-corrected chi connectivity index (χ4v) is 1.78. The summed E-state index contributed by atoms with van der Waals surface area (Å²) in [4.78, 5) is 0. The third-order valence-corrected chi connectivity index (χ3v) is 2.80. The van der Waals surface area contributed by atoms with Gasteiger partial charge in [-0.3, -0.25) is 4.68 Å². The van der Waals surface area contributed by atoms with Crippen LogP contribution in [0.5, 0.6) is 0 Å². The summed E-state index contributed by atoms with van der Waals surface area (Å²) >= 11 is 0. The normalized spacial score (nSPS) is 12.7. The molecule has 0 spiro atoms. The van der Waals surface area contributed by atoms with Gasteiger partial charge in [0, 0.05) is 19.7 Å². The number of aliphatic hydroxyl groups is 1. The Morgan fingerprint density at radius 3 is 2.82 bits per heavy atom. The molecule has 0 bridgehead atoms. The van der Waals surface area contributed by atoms with Crippen LogP contribution in [0.4, 0.5) is 4.39 Å². The Hall–Kier alpha value is -1.68. The largest absolute Gasteiger partial charge is 0.386 e. The molecule has 0 aliphatic rings. The van der Waals surface area contributed by atoms with Crippen molar-refractivity contribution in [2.75, 3.05) is 0 Å². The van der Waals surface area contributed by atoms with Crippen LogP contribution in [0.2, 0.25) is 0 Å². The summed E-state index contributed by atoms with van der Waals surface area (Å²) in [6.07, 6.45) is 1.45. The van der Waals surface area contributed by atoms with Gasteiger partial charge < -0.3 is 5.11 Å². The lowest BCUT2D eigenvalue weighted by Gasteiger charge is -2.10. The highest BCUT2D eigenvalue weighted by molar-refractivity contribution is 5.28. The zero-order valence-electron chi connectivity index (χ0n) is 9.89. The van der Waals surface area contributed by atoms with Gasteiger partial charge in [-0.15, -0.1) is 0 Å². The summed E-state index contributed by atoms with van der Waals surface area (Å²) in [7, 11) is 1.80. The van der Waals surface area contributed by atoms with E-state index in [1.807, 2.05) is 6.92 Å². The second-order valence-corrected chi connectivity index (χ2v) is 4.21. The van der Waals surface area contributed by atoms with E-state index in [1.54, 1.807) is 30.1 Å². The van der Waals surface area contributed by atoms with Crippen LogP contribution in [-0.4, -0.2) is 14.9 Å². The quantitative estimate of drug-likeness (QED) is 0.883. The van der Waals surface area contributed by atoms with E-state index in [0.29, 0.717) is 12.1 Å². The molecule has 1 N–H and O–H groups in total. The van der Waals surface area contributed by atoms with Crippen molar-refractivity contribution in [2.24, 2.45) is 7.05 Å². The lowest BCUT2D eigenvalue weighted by atomic mass is 10.0. The first kappa shape index (κ1) is 11.8. The van der Waals surface area contributed by atoms with Crippen LogP contribution in [0.15, 0.2) is 30.5 Å². The molecule has 1 aromatic heterocycles. The molecule has 0 amide bonds. The number of aryl methyl sites for hydroxylation is 2. The molecule has 1 atom stereocenters. The molecule has 90 valence electrons. The highest BCUT2D eigenvalue weighted by Gasteiger charge is 2.13. The lowest BCUT2D eigenvalue weighted by Crippen LogP contribution is -2.05. The fourth-order valence-electron chi connectivity index (χ4n) is 1.78. The number of halogens is 1. The molecule has 0 aliphatic carbocycles. The number of hydrogen-bond donors (Lipinski definition) is 1. The first-order valence-electron chi connectivity index (χ1n) is 5.49. The van der Waals surface area contributed by atoms with Gasteiger partial charge in [0.25, 0.3) is 0 Å². The first-order valence-corrected chi connectivity index (χ1v) is 5.49. The van der Waals surface area contributed by atoms with E-state index in [4.69, 9.17) is 0 Å². The van der Waals surface area contributed by atoms with Gasteiger partial charge in [0.15, 0.2) is 0 Å². The van der Waals surface area contributed by atoms with Gasteiger partial charge in [0.1, 0.15) is 11.9 Å². The van der Waals surface area contributed by atoms with Crippen molar-refractivity contribution in [2.45, 2.75) is 19.4 Å². The van der Waals surface area contributed by atoms with Crippen molar-refractivity contribution in [3.8, 4) is 0 Å². The molecule has 4 heteroatoms. The second kappa shape index (κ2) is 4.67. The van der Waals surface area contributed by atoms with Gasteiger partial charge in [-0.25, -0.2) is 4.39 Å². The average Bonchev–Trinajstić information content (AvgIpc) is 2.70. The van der Waals surface area contributed by atoms with Crippen LogP contribution in [0.3, 0.4) is 0 Å². The molecule has 2 rings (SSSR count). The van der Waals surface area contributed by atoms with E-state index >= 15 is 0 Å². The van der Waals surface area contributed by atoms with E-state index in [-0.39, 0.29) is 5.82 Å². The zero-order chi connectivity index (χ0) is 12.4. The third kappa shape index (κ3) is 2.71. The fraction of sp³-hybridized carbons (Fsp3) is 0.308. The Kier molecular flexibility index (Phi) is 3.24. The molecule has 0 saturated heterocycles. The highest BCUT2D eigenvalue weighted by Crippen LogP contribution is 2.19. The van der Waals surface area contributed by atoms with Crippen LogP contribution in [-0.2, 0) is 13.5 Å². The van der Waals surface area contributed by atoms with Crippen molar-refractivity contribution < 1.29 is 9.50 Å². The maximum atomic E-state index is 13.1. The van der Waals surface area contributed by atoms with Crippen molar-refractivity contribution in [3.05, 3.63) is 53.1 Å². The first-order chi connectivity index (χ1) is 8.06. The molecule has 0 aliphatic heterocycles. The van der Waals surface area contributed by atoms with Gasteiger partial charge in [-0.05, 0) is 36.2 Å². The van der Waals surface area contributed by atoms with Crippen molar-refractivity contribution in [1.29, 1.82) is 0 Å². The Morgan fingerprint density at radius 1 is 1.41 bits per heavy atom. The standard InChI is InChI=1S/C13H15FN2O/c1-9-3-4-11(14)7-10(9)8-13(17)12-5-6-16(2)15-12/h3-7,13,17H,8H2,1-2H3. The SMILES string of the molecule is Cc1ccc(F)cc1CC(O)c1ccn(C)n1. The summed E-state index contributed by atoms with van der Waals surface area (Å²) in [5.41, 5.74) is 2.39. The minimum atomic E-state index is -0.698.